The fourth-order valence-electron chi connectivity index (χ4n) is 1.87. The lowest BCUT2D eigenvalue weighted by molar-refractivity contribution is -0.136. The number of hydrogen-bond donors (Lipinski definition) is 1. The summed E-state index contributed by atoms with van der Waals surface area (Å²) in [7, 11) is 1.49. The molecule has 7 heteroatoms. The van der Waals surface area contributed by atoms with Gasteiger partial charge in [-0.3, -0.25) is 4.79 Å². The van der Waals surface area contributed by atoms with Crippen LogP contribution < -0.4 is 4.74 Å². The molecule has 0 amide bonds. The van der Waals surface area contributed by atoms with Crippen LogP contribution in [-0.4, -0.2) is 37.8 Å². The van der Waals surface area contributed by atoms with Gasteiger partial charge >= 0.3 is 12.0 Å². The first-order valence-electron chi connectivity index (χ1n) is 5.51. The molecule has 2 rings (SSSR count). The van der Waals surface area contributed by atoms with E-state index in [0.717, 1.165) is 17.0 Å². The molecular formula is C11H14N4O3. The summed E-state index contributed by atoms with van der Waals surface area (Å²) in [6, 6.07) is 0.250. The van der Waals surface area contributed by atoms with Crippen molar-refractivity contribution in [1.82, 2.24) is 19.6 Å². The normalized spacial score (nSPS) is 10.8. The van der Waals surface area contributed by atoms with Crippen LogP contribution in [0.25, 0.3) is 5.78 Å². The largest absolute Gasteiger partial charge is 0.481 e. The lowest BCUT2D eigenvalue weighted by Crippen LogP contribution is -2.08. The Kier molecular flexibility index (Phi) is 3.14. The number of hydrogen-bond acceptors (Lipinski definition) is 5. The topological polar surface area (TPSA) is 89.6 Å². The van der Waals surface area contributed by atoms with Gasteiger partial charge in [-0.2, -0.15) is 9.50 Å². The summed E-state index contributed by atoms with van der Waals surface area (Å²) in [4.78, 5) is 19.0. The Hall–Kier alpha value is -2.18. The van der Waals surface area contributed by atoms with Crippen LogP contribution in [0.15, 0.2) is 0 Å². The van der Waals surface area contributed by atoms with Gasteiger partial charge < -0.3 is 9.84 Å². The minimum Gasteiger partial charge on any atom is -0.481 e. The first-order chi connectivity index (χ1) is 8.52. The molecule has 2 heterocycles. The molecule has 96 valence electrons. The second-order valence-electron chi connectivity index (χ2n) is 3.97. The predicted molar refractivity (Wildman–Crippen MR) is 62.8 cm³/mol. The molecule has 0 aliphatic rings. The van der Waals surface area contributed by atoms with Crippen molar-refractivity contribution in [1.29, 1.82) is 0 Å². The van der Waals surface area contributed by atoms with Crippen molar-refractivity contribution in [2.45, 2.75) is 26.7 Å². The molecule has 0 radical (unpaired) electrons. The third-order valence-electron chi connectivity index (χ3n) is 2.80. The highest BCUT2D eigenvalue weighted by Gasteiger charge is 2.14. The first kappa shape index (κ1) is 12.3. The third kappa shape index (κ3) is 2.11. The summed E-state index contributed by atoms with van der Waals surface area (Å²) < 4.78 is 6.53. The maximum absolute atomic E-state index is 10.6. The van der Waals surface area contributed by atoms with E-state index in [1.165, 1.54) is 7.11 Å². The van der Waals surface area contributed by atoms with Crippen LogP contribution in [0.4, 0.5) is 0 Å². The predicted octanol–water partition coefficient (Wildman–Crippen LogP) is 0.767. The van der Waals surface area contributed by atoms with E-state index in [4.69, 9.17) is 9.84 Å². The lowest BCUT2D eigenvalue weighted by Gasteiger charge is -2.08. The zero-order valence-corrected chi connectivity index (χ0v) is 10.5. The van der Waals surface area contributed by atoms with Crippen LogP contribution in [0.5, 0.6) is 6.01 Å². The van der Waals surface area contributed by atoms with Crippen LogP contribution in [-0.2, 0) is 11.2 Å². The standard InChI is InChI=1S/C11H14N4O3/c1-6-8(4-5-9(16)17)7(2)15-10(12-6)13-11(14-15)18-3/h4-5H2,1-3H3,(H,16,17). The zero-order valence-electron chi connectivity index (χ0n) is 10.5. The highest BCUT2D eigenvalue weighted by atomic mass is 16.5. The number of carboxylic acids is 1. The van der Waals surface area contributed by atoms with Crippen LogP contribution in [0.2, 0.25) is 0 Å². The van der Waals surface area contributed by atoms with Crippen LogP contribution >= 0.6 is 0 Å². The number of rotatable bonds is 4. The van der Waals surface area contributed by atoms with Gasteiger partial charge in [-0.15, -0.1) is 5.10 Å². The SMILES string of the molecule is COc1nc2nc(C)c(CCC(=O)O)c(C)n2n1. The summed E-state index contributed by atoms with van der Waals surface area (Å²) in [5.74, 6) is -0.369. The van der Waals surface area contributed by atoms with E-state index < -0.39 is 5.97 Å². The van der Waals surface area contributed by atoms with Gasteiger partial charge in [0, 0.05) is 17.8 Å². The molecular weight excluding hydrogens is 236 g/mol. The highest BCUT2D eigenvalue weighted by molar-refractivity contribution is 5.67. The van der Waals surface area contributed by atoms with Gasteiger partial charge in [-0.25, -0.2) is 4.98 Å². The molecule has 0 atom stereocenters. The van der Waals surface area contributed by atoms with E-state index in [9.17, 15) is 4.79 Å². The van der Waals surface area contributed by atoms with Crippen molar-refractivity contribution in [3.05, 3.63) is 17.0 Å². The molecule has 2 aromatic heterocycles. The maximum atomic E-state index is 10.6. The number of aryl methyl sites for hydroxylation is 2. The molecule has 1 N–H and O–H groups in total. The second-order valence-corrected chi connectivity index (χ2v) is 3.97. The molecule has 2 aromatic rings. The quantitative estimate of drug-likeness (QED) is 0.861. The average molecular weight is 250 g/mol. The molecule has 0 spiro atoms. The number of fused-ring (bicyclic) bond motifs is 1. The number of nitrogens with zero attached hydrogens (tertiary/aromatic N) is 4. The number of aliphatic carboxylic acids is 1. The van der Waals surface area contributed by atoms with Crippen molar-refractivity contribution >= 4 is 11.7 Å². The molecule has 0 fully saturated rings. The van der Waals surface area contributed by atoms with Crippen LogP contribution in [0.1, 0.15) is 23.4 Å². The molecule has 0 unspecified atom stereocenters. The van der Waals surface area contributed by atoms with E-state index >= 15 is 0 Å². The number of ether oxygens (including phenoxy) is 1. The summed E-state index contributed by atoms with van der Waals surface area (Å²) in [5.41, 5.74) is 2.50. The molecule has 0 saturated heterocycles. The summed E-state index contributed by atoms with van der Waals surface area (Å²) in [6.45, 7) is 3.71. The zero-order chi connectivity index (χ0) is 13.3. The van der Waals surface area contributed by atoms with E-state index in [2.05, 4.69) is 15.1 Å². The van der Waals surface area contributed by atoms with Crippen molar-refractivity contribution in [2.75, 3.05) is 7.11 Å². The van der Waals surface area contributed by atoms with Crippen molar-refractivity contribution < 1.29 is 14.6 Å². The van der Waals surface area contributed by atoms with E-state index in [1.807, 2.05) is 13.8 Å². The summed E-state index contributed by atoms with van der Waals surface area (Å²) in [5, 5.41) is 12.9. The van der Waals surface area contributed by atoms with Crippen LogP contribution in [0.3, 0.4) is 0 Å². The fourth-order valence-corrected chi connectivity index (χ4v) is 1.87. The first-order valence-corrected chi connectivity index (χ1v) is 5.51. The van der Waals surface area contributed by atoms with Gasteiger partial charge in [0.1, 0.15) is 0 Å². The Morgan fingerprint density at radius 2 is 2.11 bits per heavy atom. The Balaban J connectivity index is 2.49. The number of aromatic nitrogens is 4. The van der Waals surface area contributed by atoms with Crippen molar-refractivity contribution in [2.24, 2.45) is 0 Å². The van der Waals surface area contributed by atoms with Gasteiger partial charge in [0.2, 0.25) is 0 Å². The molecule has 0 bridgehead atoms. The lowest BCUT2D eigenvalue weighted by atomic mass is 10.1. The van der Waals surface area contributed by atoms with Gasteiger partial charge in [-0.1, -0.05) is 0 Å². The van der Waals surface area contributed by atoms with Gasteiger partial charge in [0.15, 0.2) is 0 Å². The highest BCUT2D eigenvalue weighted by Crippen LogP contribution is 2.16. The van der Waals surface area contributed by atoms with E-state index in [0.29, 0.717) is 12.2 Å². The second kappa shape index (κ2) is 4.59. The third-order valence-corrected chi connectivity index (χ3v) is 2.80. The summed E-state index contributed by atoms with van der Waals surface area (Å²) in [6.07, 6.45) is 0.499. The Bertz CT molecular complexity index is 606. The number of carbonyl (C=O) groups is 1. The van der Waals surface area contributed by atoms with E-state index in [1.54, 1.807) is 4.52 Å². The smallest absolute Gasteiger partial charge is 0.337 e. The molecule has 0 saturated carbocycles. The van der Waals surface area contributed by atoms with Crippen LogP contribution in [0, 0.1) is 13.8 Å². The Morgan fingerprint density at radius 3 is 2.72 bits per heavy atom. The molecule has 7 nitrogen and oxygen atoms in total. The number of methoxy groups -OCH3 is 1. The molecule has 0 aliphatic heterocycles. The minimum atomic E-state index is -0.829. The number of carboxylic acid groups (broad SMARTS) is 1. The Labute approximate surface area is 103 Å². The average Bonchev–Trinajstić information content (AvgIpc) is 2.71. The summed E-state index contributed by atoms with van der Waals surface area (Å²) >= 11 is 0. The van der Waals surface area contributed by atoms with Crippen molar-refractivity contribution in [3.63, 3.8) is 0 Å². The monoisotopic (exact) mass is 250 g/mol. The van der Waals surface area contributed by atoms with Crippen molar-refractivity contribution in [3.8, 4) is 6.01 Å². The van der Waals surface area contributed by atoms with Gasteiger partial charge in [-0.05, 0) is 25.8 Å². The molecule has 0 aliphatic carbocycles. The minimum absolute atomic E-state index is 0.0701. The fraction of sp³-hybridized carbons (Fsp3) is 0.455. The molecule has 18 heavy (non-hydrogen) atoms. The van der Waals surface area contributed by atoms with Gasteiger partial charge in [0.25, 0.3) is 5.78 Å². The maximum Gasteiger partial charge on any atom is 0.337 e. The molecule has 0 aromatic carbocycles. The van der Waals surface area contributed by atoms with Gasteiger partial charge in [0.05, 0.1) is 7.11 Å². The van der Waals surface area contributed by atoms with E-state index in [-0.39, 0.29) is 12.4 Å². The Morgan fingerprint density at radius 1 is 1.39 bits per heavy atom.